The van der Waals surface area contributed by atoms with E-state index in [0.717, 1.165) is 83.9 Å². The van der Waals surface area contributed by atoms with Gasteiger partial charge < -0.3 is 19.9 Å². The first-order valence-corrected chi connectivity index (χ1v) is 13.8. The van der Waals surface area contributed by atoms with Gasteiger partial charge in [-0.05, 0) is 72.1 Å². The molecule has 1 aromatic heterocycles. The molecular weight excluding hydrogens is 486 g/mol. The number of carbonyl (C=O) groups excluding carboxylic acids is 1. The summed E-state index contributed by atoms with van der Waals surface area (Å²) in [5.74, 6) is 1.000. The van der Waals surface area contributed by atoms with Crippen molar-refractivity contribution < 1.29 is 9.53 Å². The molecule has 2 fully saturated rings. The van der Waals surface area contributed by atoms with Crippen molar-refractivity contribution in [3.05, 3.63) is 83.0 Å². The zero-order chi connectivity index (χ0) is 26.6. The van der Waals surface area contributed by atoms with Crippen LogP contribution in [0.1, 0.15) is 41.6 Å². The maximum atomic E-state index is 13.0. The number of aromatic nitrogens is 2. The quantitative estimate of drug-likeness (QED) is 0.364. The predicted molar refractivity (Wildman–Crippen MR) is 156 cm³/mol. The Morgan fingerprint density at radius 1 is 1.03 bits per heavy atom. The molecule has 198 valence electrons. The molecule has 7 nitrogen and oxygen atoms in total. The van der Waals surface area contributed by atoms with E-state index in [-0.39, 0.29) is 11.8 Å². The molecule has 1 aliphatic carbocycles. The van der Waals surface area contributed by atoms with Gasteiger partial charge in [0.15, 0.2) is 0 Å². The number of nitrogens with zero attached hydrogens (tertiary/aromatic N) is 3. The van der Waals surface area contributed by atoms with Crippen molar-refractivity contribution in [1.29, 1.82) is 0 Å². The van der Waals surface area contributed by atoms with Crippen molar-refractivity contribution in [2.75, 3.05) is 50.1 Å². The van der Waals surface area contributed by atoms with Crippen LogP contribution in [0.15, 0.2) is 60.7 Å². The second-order valence-corrected chi connectivity index (χ2v) is 10.9. The van der Waals surface area contributed by atoms with E-state index in [1.54, 1.807) is 7.11 Å². The highest BCUT2D eigenvalue weighted by Crippen LogP contribution is 2.65. The van der Waals surface area contributed by atoms with Crippen molar-refractivity contribution >= 4 is 40.3 Å². The van der Waals surface area contributed by atoms with E-state index < -0.39 is 5.41 Å². The summed E-state index contributed by atoms with van der Waals surface area (Å²) < 4.78 is 5.43. The topological polar surface area (TPSA) is 73.5 Å². The first-order chi connectivity index (χ1) is 19.1. The van der Waals surface area contributed by atoms with Gasteiger partial charge in [-0.2, -0.15) is 5.10 Å². The van der Waals surface area contributed by atoms with Gasteiger partial charge >= 0.3 is 0 Å². The monoisotopic (exact) mass is 519 g/mol. The Labute approximate surface area is 228 Å². The van der Waals surface area contributed by atoms with Gasteiger partial charge in [0.25, 0.3) is 0 Å². The zero-order valence-corrected chi connectivity index (χ0v) is 22.4. The van der Waals surface area contributed by atoms with Crippen molar-refractivity contribution in [2.45, 2.75) is 24.7 Å². The zero-order valence-electron chi connectivity index (χ0n) is 22.4. The molecular formula is C32H33N5O2. The molecule has 2 aliphatic heterocycles. The molecule has 2 N–H and O–H groups in total. The number of nitrogens with one attached hydrogen (secondary N) is 2. The average molecular weight is 520 g/mol. The Bertz CT molecular complexity index is 1580. The summed E-state index contributed by atoms with van der Waals surface area (Å²) in [5.41, 5.74) is 6.93. The van der Waals surface area contributed by atoms with Crippen molar-refractivity contribution in [3.8, 4) is 5.75 Å². The number of fused-ring (bicyclic) bond motifs is 3. The third-order valence-electron chi connectivity index (χ3n) is 8.85. The molecule has 1 saturated carbocycles. The van der Waals surface area contributed by atoms with E-state index in [4.69, 9.17) is 4.74 Å². The Morgan fingerprint density at radius 3 is 2.62 bits per heavy atom. The van der Waals surface area contributed by atoms with Crippen LogP contribution in [0, 0.1) is 0 Å². The lowest BCUT2D eigenvalue weighted by Crippen LogP contribution is -2.46. The molecule has 1 amide bonds. The number of piperazine rings is 1. The van der Waals surface area contributed by atoms with Crippen LogP contribution in [0.3, 0.4) is 0 Å². The minimum atomic E-state index is -0.504. The number of benzene rings is 3. The number of hydrogen-bond donors (Lipinski definition) is 2. The summed E-state index contributed by atoms with van der Waals surface area (Å²) in [7, 11) is 1.66. The fourth-order valence-corrected chi connectivity index (χ4v) is 6.39. The Morgan fingerprint density at radius 2 is 1.85 bits per heavy atom. The van der Waals surface area contributed by atoms with E-state index >= 15 is 0 Å². The number of rotatable bonds is 6. The van der Waals surface area contributed by atoms with Gasteiger partial charge in [0.2, 0.25) is 5.91 Å². The summed E-state index contributed by atoms with van der Waals surface area (Å²) in [6, 6.07) is 21.0. The third kappa shape index (κ3) is 4.00. The molecule has 1 saturated heterocycles. The summed E-state index contributed by atoms with van der Waals surface area (Å²) in [5, 5.41) is 11.9. The molecule has 2 atom stereocenters. The van der Waals surface area contributed by atoms with Gasteiger partial charge in [-0.3, -0.25) is 9.89 Å². The molecule has 39 heavy (non-hydrogen) atoms. The number of H-pyrrole nitrogens is 1. The maximum absolute atomic E-state index is 13.0. The maximum Gasteiger partial charge on any atom is 0.235 e. The number of aromatic amines is 1. The second-order valence-electron chi connectivity index (χ2n) is 10.9. The number of anilines is 2. The fraction of sp³-hybridized carbons (Fsp3) is 0.312. The second kappa shape index (κ2) is 9.27. The van der Waals surface area contributed by atoms with E-state index in [1.165, 1.54) is 5.69 Å². The van der Waals surface area contributed by atoms with Crippen molar-refractivity contribution in [3.63, 3.8) is 0 Å². The molecule has 0 bridgehead atoms. The number of likely N-dealkylation sites (N-methyl/N-ethyl adjacent to an activating group) is 1. The number of carbonyl (C=O) groups is 1. The van der Waals surface area contributed by atoms with E-state index in [0.29, 0.717) is 0 Å². The van der Waals surface area contributed by atoms with E-state index in [1.807, 2.05) is 18.2 Å². The van der Waals surface area contributed by atoms with Crippen molar-refractivity contribution in [2.24, 2.45) is 0 Å². The third-order valence-corrected chi connectivity index (χ3v) is 8.85. The van der Waals surface area contributed by atoms with Gasteiger partial charge in [0.05, 0.1) is 23.7 Å². The van der Waals surface area contributed by atoms with Gasteiger partial charge in [0, 0.05) is 48.9 Å². The summed E-state index contributed by atoms with van der Waals surface area (Å²) >= 11 is 0. The highest BCUT2D eigenvalue weighted by molar-refractivity contribution is 6.10. The largest absolute Gasteiger partial charge is 0.497 e. The SMILES string of the molecule is CCN1CCN(c2ccc(C=Cc3n[nH]c4cc([C@@H]5C[C@@]56C(=O)Nc5ccc(OC)cc56)ccc34)cc2)CC1. The van der Waals surface area contributed by atoms with Gasteiger partial charge in [-0.25, -0.2) is 0 Å². The molecule has 3 heterocycles. The van der Waals surface area contributed by atoms with Crippen LogP contribution in [0.25, 0.3) is 23.1 Å². The molecule has 3 aromatic carbocycles. The molecule has 7 rings (SSSR count). The summed E-state index contributed by atoms with van der Waals surface area (Å²) in [6.45, 7) is 7.78. The smallest absolute Gasteiger partial charge is 0.235 e. The number of amides is 1. The highest BCUT2D eigenvalue weighted by Gasteiger charge is 2.65. The molecule has 0 unspecified atom stereocenters. The van der Waals surface area contributed by atoms with E-state index in [9.17, 15) is 4.79 Å². The molecule has 1 spiro atoms. The average Bonchev–Trinajstić information content (AvgIpc) is 3.53. The first-order valence-electron chi connectivity index (χ1n) is 13.8. The Hall–Kier alpha value is -4.10. The molecule has 3 aliphatic rings. The normalized spacial score (nSPS) is 22.6. The van der Waals surface area contributed by atoms with Gasteiger partial charge in [0.1, 0.15) is 5.75 Å². The van der Waals surface area contributed by atoms with E-state index in [2.05, 4.69) is 86.9 Å². The lowest BCUT2D eigenvalue weighted by molar-refractivity contribution is -0.118. The molecule has 0 radical (unpaired) electrons. The van der Waals surface area contributed by atoms with Gasteiger partial charge in [-0.15, -0.1) is 0 Å². The number of methoxy groups -OCH3 is 1. The highest BCUT2D eigenvalue weighted by atomic mass is 16.5. The minimum absolute atomic E-state index is 0.0818. The first kappa shape index (κ1) is 24.0. The molecule has 7 heteroatoms. The summed E-state index contributed by atoms with van der Waals surface area (Å²) in [4.78, 5) is 18.0. The van der Waals surface area contributed by atoms with Crippen LogP contribution in [0.5, 0.6) is 5.75 Å². The van der Waals surface area contributed by atoms with Crippen LogP contribution in [-0.4, -0.2) is 60.8 Å². The number of ether oxygens (including phenoxy) is 1. The minimum Gasteiger partial charge on any atom is -0.497 e. The molecule has 4 aromatic rings. The lowest BCUT2D eigenvalue weighted by atomic mass is 9.91. The summed E-state index contributed by atoms with van der Waals surface area (Å²) in [6.07, 6.45) is 4.99. The Balaban J connectivity index is 1.08. The van der Waals surface area contributed by atoms with Crippen molar-refractivity contribution in [1.82, 2.24) is 15.1 Å². The standard InChI is InChI=1S/C32H33N5O2/c1-3-36-14-16-37(17-15-36)23-8-4-21(5-9-23)6-12-28-25-11-7-22(18-30(25)35-34-28)27-20-32(27)26-19-24(39-2)10-13-29(26)33-31(32)38/h4-13,18-19,27H,3,14-17,20H2,1-2H3,(H,33,38)(H,34,35)/t27-,32-/m0/s1. The lowest BCUT2D eigenvalue weighted by Gasteiger charge is -2.35. The van der Waals surface area contributed by atoms with Crippen LogP contribution >= 0.6 is 0 Å². The van der Waals surface area contributed by atoms with Crippen LogP contribution in [0.2, 0.25) is 0 Å². The van der Waals surface area contributed by atoms with Gasteiger partial charge in [-0.1, -0.05) is 37.3 Å². The fourth-order valence-electron chi connectivity index (χ4n) is 6.39. The van der Waals surface area contributed by atoms with Crippen LogP contribution < -0.4 is 15.0 Å². The Kier molecular flexibility index (Phi) is 5.70. The predicted octanol–water partition coefficient (Wildman–Crippen LogP) is 5.26. The van der Waals surface area contributed by atoms with Crippen LogP contribution in [-0.2, 0) is 10.2 Å². The number of hydrogen-bond acceptors (Lipinski definition) is 5. The van der Waals surface area contributed by atoms with Crippen LogP contribution in [0.4, 0.5) is 11.4 Å².